The maximum absolute atomic E-state index is 13.7. The maximum Gasteiger partial charge on any atom is 0.422 e. The normalized spacial score (nSPS) is 27.4. The van der Waals surface area contributed by atoms with Crippen LogP contribution in [-0.4, -0.2) is 8.80 Å². The first-order valence-electron chi connectivity index (χ1n) is 12.3. The van der Waals surface area contributed by atoms with E-state index < -0.39 is 32.2 Å². The van der Waals surface area contributed by atoms with Gasteiger partial charge in [-0.3, -0.25) is 0 Å². The fourth-order valence-electron chi connectivity index (χ4n) is 6.11. The highest BCUT2D eigenvalue weighted by Gasteiger charge is 2.38. The Morgan fingerprint density at radius 3 is 1.97 bits per heavy atom. The summed E-state index contributed by atoms with van der Waals surface area (Å²) in [6.07, 6.45) is 9.59. The van der Waals surface area contributed by atoms with Gasteiger partial charge in [0, 0.05) is 8.80 Å². The van der Waals surface area contributed by atoms with Gasteiger partial charge in [0.1, 0.15) is 17.2 Å². The third-order valence-corrected chi connectivity index (χ3v) is 12.0. The zero-order valence-electron chi connectivity index (χ0n) is 18.8. The monoisotopic (exact) mass is 460 g/mol. The zero-order chi connectivity index (χ0) is 22.4. The largest absolute Gasteiger partial charge is 0.422 e. The Labute approximate surface area is 185 Å². The minimum atomic E-state index is -5.00. The van der Waals surface area contributed by atoms with E-state index in [4.69, 9.17) is 0 Å². The molecular formula is C25H37F5Si. The van der Waals surface area contributed by atoms with Crippen molar-refractivity contribution in [2.75, 3.05) is 0 Å². The molecule has 1 aromatic carbocycles. The molecule has 1 aliphatic carbocycles. The summed E-state index contributed by atoms with van der Waals surface area (Å²) < 4.78 is 65.4. The first kappa shape index (κ1) is 24.7. The lowest BCUT2D eigenvalue weighted by atomic mass is 9.86. The molecule has 2 fully saturated rings. The van der Waals surface area contributed by atoms with E-state index in [-0.39, 0.29) is 0 Å². The van der Waals surface area contributed by atoms with Gasteiger partial charge in [-0.05, 0) is 47.9 Å². The second kappa shape index (κ2) is 11.3. The van der Waals surface area contributed by atoms with Gasteiger partial charge in [0.25, 0.3) is 0 Å². The summed E-state index contributed by atoms with van der Waals surface area (Å²) >= 11 is 0. The van der Waals surface area contributed by atoms with E-state index in [2.05, 4.69) is 6.92 Å². The Morgan fingerprint density at radius 1 is 0.839 bits per heavy atom. The number of alkyl halides is 3. The first-order chi connectivity index (χ1) is 14.8. The molecule has 1 aromatic rings. The predicted molar refractivity (Wildman–Crippen MR) is 119 cm³/mol. The van der Waals surface area contributed by atoms with Gasteiger partial charge in [0.05, 0.1) is 0 Å². The average molecular weight is 461 g/mol. The van der Waals surface area contributed by atoms with Crippen LogP contribution in [0.3, 0.4) is 0 Å². The van der Waals surface area contributed by atoms with Crippen molar-refractivity contribution in [1.29, 1.82) is 0 Å². The summed E-state index contributed by atoms with van der Waals surface area (Å²) in [6.45, 7) is 2.29. The Bertz CT molecular complexity index is 663. The lowest BCUT2D eigenvalue weighted by Gasteiger charge is -2.37. The van der Waals surface area contributed by atoms with Crippen molar-refractivity contribution in [3.63, 3.8) is 0 Å². The fraction of sp³-hybridized carbons (Fsp3) is 0.760. The number of unbranched alkanes of at least 4 members (excludes halogenated alkanes) is 1. The van der Waals surface area contributed by atoms with Crippen LogP contribution in [0.25, 0.3) is 0 Å². The minimum Gasteiger partial charge on any atom is -0.206 e. The van der Waals surface area contributed by atoms with E-state index in [9.17, 15) is 22.0 Å². The molecular weight excluding hydrogens is 423 g/mol. The third kappa shape index (κ3) is 7.03. The number of hydrogen-bond donors (Lipinski definition) is 0. The lowest BCUT2D eigenvalue weighted by Crippen LogP contribution is -2.29. The summed E-state index contributed by atoms with van der Waals surface area (Å²) in [5.41, 5.74) is -0.396. The fourth-order valence-corrected chi connectivity index (χ4v) is 10.5. The number of benzene rings is 1. The molecule has 0 bridgehead atoms. The summed E-state index contributed by atoms with van der Waals surface area (Å²) in [4.78, 5) is 0. The number of rotatable bonds is 8. The van der Waals surface area contributed by atoms with E-state index in [1.807, 2.05) is 0 Å². The molecule has 0 nitrogen and oxygen atoms in total. The van der Waals surface area contributed by atoms with Crippen LogP contribution in [0.2, 0.25) is 17.6 Å². The smallest absolute Gasteiger partial charge is 0.206 e. The standard InChI is InChI=1S/C25H37F5Si/c1-2-5-18-8-10-21(11-9-18)31-14-12-19(13-15-31)6-3-4-7-20-16-22(26)24(23(27)17-20)25(28,29)30/h16-19,21,31H,2-15H2,1H3. The maximum atomic E-state index is 13.7. The van der Waals surface area contributed by atoms with Crippen molar-refractivity contribution in [2.24, 2.45) is 11.8 Å². The van der Waals surface area contributed by atoms with Crippen LogP contribution in [-0.2, 0) is 12.6 Å². The Hall–Kier alpha value is -0.913. The first-order valence-corrected chi connectivity index (χ1v) is 14.6. The highest BCUT2D eigenvalue weighted by molar-refractivity contribution is 6.60. The van der Waals surface area contributed by atoms with Gasteiger partial charge < -0.3 is 0 Å². The van der Waals surface area contributed by atoms with Crippen molar-refractivity contribution >= 4 is 8.80 Å². The summed E-state index contributed by atoms with van der Waals surface area (Å²) in [6, 6.07) is 4.64. The summed E-state index contributed by atoms with van der Waals surface area (Å²) in [5, 5.41) is 0. The SMILES string of the molecule is CCCC1CCC([SiH]2CCC(CCCCc3cc(F)c(C(F)(F)F)c(F)c3)CC2)CC1. The van der Waals surface area contributed by atoms with Gasteiger partial charge in [-0.1, -0.05) is 83.2 Å². The number of halogens is 5. The van der Waals surface area contributed by atoms with Gasteiger partial charge in [-0.2, -0.15) is 13.2 Å². The molecule has 0 unspecified atom stereocenters. The van der Waals surface area contributed by atoms with Gasteiger partial charge >= 0.3 is 6.18 Å². The molecule has 0 aromatic heterocycles. The lowest BCUT2D eigenvalue weighted by molar-refractivity contribution is -0.142. The van der Waals surface area contributed by atoms with Crippen LogP contribution in [0.5, 0.6) is 0 Å². The van der Waals surface area contributed by atoms with Crippen LogP contribution in [0.1, 0.15) is 88.7 Å². The third-order valence-electron chi connectivity index (χ3n) is 7.86. The highest BCUT2D eigenvalue weighted by atomic mass is 28.3. The molecule has 6 heteroatoms. The Morgan fingerprint density at radius 2 is 1.42 bits per heavy atom. The van der Waals surface area contributed by atoms with E-state index in [1.165, 1.54) is 63.5 Å². The van der Waals surface area contributed by atoms with Gasteiger partial charge in [0.2, 0.25) is 0 Å². The topological polar surface area (TPSA) is 0 Å². The quantitative estimate of drug-likeness (QED) is 0.207. The molecule has 1 aliphatic heterocycles. The van der Waals surface area contributed by atoms with E-state index in [1.54, 1.807) is 0 Å². The van der Waals surface area contributed by atoms with Crippen molar-refractivity contribution in [2.45, 2.75) is 108 Å². The van der Waals surface area contributed by atoms with Gasteiger partial charge in [-0.25, -0.2) is 8.78 Å². The Kier molecular flexibility index (Phi) is 9.00. The Balaban J connectivity index is 1.35. The van der Waals surface area contributed by atoms with Crippen LogP contribution < -0.4 is 0 Å². The van der Waals surface area contributed by atoms with E-state index in [0.717, 1.165) is 48.8 Å². The molecule has 3 rings (SSSR count). The average Bonchev–Trinajstić information content (AvgIpc) is 2.71. The highest BCUT2D eigenvalue weighted by Crippen LogP contribution is 2.42. The molecule has 2 aliphatic rings. The molecule has 0 N–H and O–H groups in total. The molecule has 0 radical (unpaired) electrons. The molecule has 176 valence electrons. The molecule has 0 atom stereocenters. The molecule has 0 amide bonds. The molecule has 1 saturated heterocycles. The van der Waals surface area contributed by atoms with E-state index in [0.29, 0.717) is 12.0 Å². The summed E-state index contributed by atoms with van der Waals surface area (Å²) in [7, 11) is -0.589. The van der Waals surface area contributed by atoms with E-state index >= 15 is 0 Å². The minimum absolute atomic E-state index is 0.317. The zero-order valence-corrected chi connectivity index (χ0v) is 19.9. The second-order valence-corrected chi connectivity index (χ2v) is 13.6. The van der Waals surface area contributed by atoms with Crippen LogP contribution in [0.4, 0.5) is 22.0 Å². The van der Waals surface area contributed by atoms with Crippen molar-refractivity contribution < 1.29 is 22.0 Å². The summed E-state index contributed by atoms with van der Waals surface area (Å²) in [5.74, 6) is -1.26. The number of aryl methyl sites for hydroxylation is 1. The van der Waals surface area contributed by atoms with Gasteiger partial charge in [-0.15, -0.1) is 0 Å². The van der Waals surface area contributed by atoms with Crippen LogP contribution in [0, 0.1) is 23.5 Å². The van der Waals surface area contributed by atoms with Crippen LogP contribution in [0.15, 0.2) is 12.1 Å². The second-order valence-electron chi connectivity index (χ2n) is 10.0. The number of hydrogen-bond acceptors (Lipinski definition) is 0. The molecule has 31 heavy (non-hydrogen) atoms. The molecule has 1 heterocycles. The predicted octanol–water partition coefficient (Wildman–Crippen LogP) is 8.69. The molecule has 1 saturated carbocycles. The van der Waals surface area contributed by atoms with Gasteiger partial charge in [0.15, 0.2) is 0 Å². The van der Waals surface area contributed by atoms with Crippen molar-refractivity contribution in [3.8, 4) is 0 Å². The molecule has 0 spiro atoms. The van der Waals surface area contributed by atoms with Crippen LogP contribution >= 0.6 is 0 Å². The van der Waals surface area contributed by atoms with Crippen molar-refractivity contribution in [3.05, 3.63) is 34.9 Å². The van der Waals surface area contributed by atoms with Crippen molar-refractivity contribution in [1.82, 2.24) is 0 Å².